The van der Waals surface area contributed by atoms with E-state index in [2.05, 4.69) is 50.1 Å². The fourth-order valence-corrected chi connectivity index (χ4v) is 4.11. The van der Waals surface area contributed by atoms with Gasteiger partial charge in [-0.2, -0.15) is 5.10 Å². The summed E-state index contributed by atoms with van der Waals surface area (Å²) in [6.45, 7) is 0.189. The van der Waals surface area contributed by atoms with Crippen molar-refractivity contribution in [1.82, 2.24) is 15.2 Å². The number of hydrogen-bond donors (Lipinski definition) is 3. The first-order valence-electron chi connectivity index (χ1n) is 11.8. The Kier molecular flexibility index (Phi) is 5.96. The van der Waals surface area contributed by atoms with Crippen LogP contribution in [0.3, 0.4) is 0 Å². The average Bonchev–Trinajstić information content (AvgIpc) is 3.60. The third-order valence-corrected chi connectivity index (χ3v) is 6.00. The molecule has 0 saturated heterocycles. The number of nitrogens with zero attached hydrogens (tertiary/aromatic N) is 2. The van der Waals surface area contributed by atoms with E-state index in [9.17, 15) is 4.79 Å². The molecule has 3 N–H and O–H groups in total. The van der Waals surface area contributed by atoms with Gasteiger partial charge in [-0.15, -0.1) is 0 Å². The van der Waals surface area contributed by atoms with Crippen LogP contribution in [0.1, 0.15) is 11.4 Å². The summed E-state index contributed by atoms with van der Waals surface area (Å²) < 4.78 is 10.6. The number of fused-ring (bicyclic) bond motifs is 1. The first kappa shape index (κ1) is 22.4. The Labute approximate surface area is 213 Å². The Hall–Kier alpha value is -5.11. The molecule has 0 bridgehead atoms. The Morgan fingerprint density at radius 3 is 2.24 bits per heavy atom. The number of rotatable bonds is 6. The number of nitrogens with one attached hydrogen (secondary N) is 3. The summed E-state index contributed by atoms with van der Waals surface area (Å²) in [5, 5.41) is 13.0. The van der Waals surface area contributed by atoms with Crippen LogP contribution in [-0.2, 0) is 6.42 Å². The molecule has 0 spiro atoms. The van der Waals surface area contributed by atoms with Crippen molar-refractivity contribution in [2.24, 2.45) is 0 Å². The highest BCUT2D eigenvalue weighted by molar-refractivity contribution is 5.99. The molecule has 0 fully saturated rings. The summed E-state index contributed by atoms with van der Waals surface area (Å²) in [5.41, 5.74) is 5.62. The molecule has 1 aliphatic rings. The summed E-state index contributed by atoms with van der Waals surface area (Å²) in [4.78, 5) is 17.0. The second kappa shape index (κ2) is 9.87. The van der Waals surface area contributed by atoms with Crippen molar-refractivity contribution >= 4 is 17.4 Å². The highest BCUT2D eigenvalue weighted by Crippen LogP contribution is 2.34. The SMILES string of the molecule is O=C(Nc1ccc(Cc2nc(-c3ccc(-c4ccccc4)cc3)n[nH]2)cc1)Nc1ccc2c(c1)OCO2. The second-order valence-corrected chi connectivity index (χ2v) is 8.57. The van der Waals surface area contributed by atoms with Crippen molar-refractivity contribution in [2.45, 2.75) is 6.42 Å². The third kappa shape index (κ3) is 5.13. The number of carbonyl (C=O) groups excluding carboxylic acids is 1. The van der Waals surface area contributed by atoms with E-state index in [-0.39, 0.29) is 12.8 Å². The van der Waals surface area contributed by atoms with Gasteiger partial charge in [-0.25, -0.2) is 9.78 Å². The Balaban J connectivity index is 1.05. The van der Waals surface area contributed by atoms with E-state index < -0.39 is 0 Å². The molecular formula is C29H23N5O3. The van der Waals surface area contributed by atoms with Crippen LogP contribution in [0.2, 0.25) is 0 Å². The monoisotopic (exact) mass is 489 g/mol. The predicted molar refractivity (Wildman–Crippen MR) is 142 cm³/mol. The van der Waals surface area contributed by atoms with Gasteiger partial charge in [0.25, 0.3) is 0 Å². The third-order valence-electron chi connectivity index (χ3n) is 6.00. The zero-order valence-electron chi connectivity index (χ0n) is 19.8. The van der Waals surface area contributed by atoms with Crippen LogP contribution in [-0.4, -0.2) is 28.0 Å². The number of ether oxygens (including phenoxy) is 2. The minimum Gasteiger partial charge on any atom is -0.454 e. The van der Waals surface area contributed by atoms with Crippen LogP contribution in [0.5, 0.6) is 11.5 Å². The standard InChI is InChI=1S/C29H23N5O3/c35-29(31-24-14-15-25-26(17-24)37-18-36-25)30-23-12-6-19(7-13-23)16-27-32-28(34-33-27)22-10-8-21(9-11-22)20-4-2-1-3-5-20/h1-15,17H,16,18H2,(H2,30,31,35)(H,32,33,34). The van der Waals surface area contributed by atoms with E-state index in [1.807, 2.05) is 54.6 Å². The maximum atomic E-state index is 12.4. The molecule has 8 nitrogen and oxygen atoms in total. The lowest BCUT2D eigenvalue weighted by atomic mass is 10.0. The lowest BCUT2D eigenvalue weighted by molar-refractivity contribution is 0.174. The largest absolute Gasteiger partial charge is 0.454 e. The number of amides is 2. The quantitative estimate of drug-likeness (QED) is 0.267. The Morgan fingerprint density at radius 1 is 0.757 bits per heavy atom. The van der Waals surface area contributed by atoms with Gasteiger partial charge in [0.15, 0.2) is 17.3 Å². The molecule has 2 heterocycles. The summed E-state index contributed by atoms with van der Waals surface area (Å²) in [7, 11) is 0. The fraction of sp³-hybridized carbons (Fsp3) is 0.0690. The van der Waals surface area contributed by atoms with Crippen LogP contribution in [0.4, 0.5) is 16.2 Å². The predicted octanol–water partition coefficient (Wildman–Crippen LogP) is 6.10. The molecule has 5 aromatic rings. The Bertz CT molecular complexity index is 1530. The molecule has 1 aromatic heterocycles. The molecule has 4 aromatic carbocycles. The van der Waals surface area contributed by atoms with Gasteiger partial charge in [0.05, 0.1) is 0 Å². The van der Waals surface area contributed by atoms with E-state index >= 15 is 0 Å². The molecule has 8 heteroatoms. The van der Waals surface area contributed by atoms with Crippen molar-refractivity contribution < 1.29 is 14.3 Å². The minimum atomic E-state index is -0.343. The number of benzene rings is 4. The molecule has 182 valence electrons. The van der Waals surface area contributed by atoms with Gasteiger partial charge in [-0.05, 0) is 41.0 Å². The zero-order chi connectivity index (χ0) is 25.0. The molecule has 1 aliphatic heterocycles. The van der Waals surface area contributed by atoms with Gasteiger partial charge in [0.2, 0.25) is 6.79 Å². The number of carbonyl (C=O) groups is 1. The first-order valence-corrected chi connectivity index (χ1v) is 11.8. The van der Waals surface area contributed by atoms with Crippen molar-refractivity contribution in [3.8, 4) is 34.0 Å². The molecule has 6 rings (SSSR count). The van der Waals surface area contributed by atoms with E-state index in [4.69, 9.17) is 9.47 Å². The van der Waals surface area contributed by atoms with Crippen molar-refractivity contribution in [1.29, 1.82) is 0 Å². The van der Waals surface area contributed by atoms with Crippen LogP contribution in [0.25, 0.3) is 22.5 Å². The summed E-state index contributed by atoms with van der Waals surface area (Å²) >= 11 is 0. The number of aromatic amines is 1. The molecule has 2 amide bonds. The molecule has 0 aliphatic carbocycles. The lowest BCUT2D eigenvalue weighted by Gasteiger charge is -2.09. The van der Waals surface area contributed by atoms with Crippen LogP contribution in [0.15, 0.2) is 97.1 Å². The van der Waals surface area contributed by atoms with Gasteiger partial charge in [-0.3, -0.25) is 5.10 Å². The van der Waals surface area contributed by atoms with Gasteiger partial charge in [-0.1, -0.05) is 66.7 Å². The number of urea groups is 1. The molecule has 0 atom stereocenters. The molecule has 37 heavy (non-hydrogen) atoms. The zero-order valence-corrected chi connectivity index (χ0v) is 19.8. The molecule has 0 unspecified atom stereocenters. The van der Waals surface area contributed by atoms with E-state index in [0.717, 1.165) is 22.5 Å². The summed E-state index contributed by atoms with van der Waals surface area (Å²) in [6.07, 6.45) is 0.596. The highest BCUT2D eigenvalue weighted by atomic mass is 16.7. The highest BCUT2D eigenvalue weighted by Gasteiger charge is 2.14. The maximum Gasteiger partial charge on any atom is 0.323 e. The maximum absolute atomic E-state index is 12.4. The first-order chi connectivity index (χ1) is 18.2. The number of anilines is 2. The minimum absolute atomic E-state index is 0.189. The summed E-state index contributed by atoms with van der Waals surface area (Å²) in [6, 6.07) is 31.0. The Morgan fingerprint density at radius 2 is 1.43 bits per heavy atom. The lowest BCUT2D eigenvalue weighted by Crippen LogP contribution is -2.19. The molecule has 0 saturated carbocycles. The fourth-order valence-electron chi connectivity index (χ4n) is 4.11. The number of aromatic nitrogens is 3. The topological polar surface area (TPSA) is 101 Å². The van der Waals surface area contributed by atoms with Crippen LogP contribution < -0.4 is 20.1 Å². The normalized spacial score (nSPS) is 11.8. The number of hydrogen-bond acceptors (Lipinski definition) is 5. The van der Waals surface area contributed by atoms with Gasteiger partial charge >= 0.3 is 6.03 Å². The number of H-pyrrole nitrogens is 1. The van der Waals surface area contributed by atoms with Crippen molar-refractivity contribution in [2.75, 3.05) is 17.4 Å². The van der Waals surface area contributed by atoms with Gasteiger partial charge in [0.1, 0.15) is 5.82 Å². The van der Waals surface area contributed by atoms with Gasteiger partial charge in [0, 0.05) is 29.4 Å². The van der Waals surface area contributed by atoms with Crippen molar-refractivity contribution in [3.63, 3.8) is 0 Å². The smallest absolute Gasteiger partial charge is 0.323 e. The molecule has 0 radical (unpaired) electrons. The average molecular weight is 490 g/mol. The van der Waals surface area contributed by atoms with Crippen molar-refractivity contribution in [3.05, 3.63) is 108 Å². The summed E-state index contributed by atoms with van der Waals surface area (Å²) in [5.74, 6) is 2.71. The van der Waals surface area contributed by atoms with E-state index in [1.165, 1.54) is 5.56 Å². The van der Waals surface area contributed by atoms with E-state index in [1.54, 1.807) is 18.2 Å². The van der Waals surface area contributed by atoms with E-state index in [0.29, 0.717) is 35.1 Å². The molecular weight excluding hydrogens is 466 g/mol. The van der Waals surface area contributed by atoms with Crippen LogP contribution >= 0.6 is 0 Å². The second-order valence-electron chi connectivity index (χ2n) is 8.57. The van der Waals surface area contributed by atoms with Gasteiger partial charge < -0.3 is 20.1 Å². The van der Waals surface area contributed by atoms with Crippen LogP contribution in [0, 0.1) is 0 Å².